The van der Waals surface area contributed by atoms with Crippen molar-refractivity contribution in [2.24, 2.45) is 0 Å². The molecular weight excluding hydrogens is 292 g/mol. The van der Waals surface area contributed by atoms with E-state index >= 15 is 0 Å². The SMILES string of the molecule is CSc1ccccc1C(=O)Nc1cc(Cl)c(N)cc1C. The van der Waals surface area contributed by atoms with Gasteiger partial charge in [-0.05, 0) is 43.0 Å². The smallest absolute Gasteiger partial charge is 0.256 e. The average molecular weight is 307 g/mol. The van der Waals surface area contributed by atoms with Gasteiger partial charge in [-0.3, -0.25) is 4.79 Å². The average Bonchev–Trinajstić information content (AvgIpc) is 2.44. The molecule has 20 heavy (non-hydrogen) atoms. The van der Waals surface area contributed by atoms with E-state index in [1.807, 2.05) is 31.4 Å². The van der Waals surface area contributed by atoms with Crippen molar-refractivity contribution in [3.05, 3.63) is 52.5 Å². The zero-order valence-electron chi connectivity index (χ0n) is 11.2. The zero-order valence-corrected chi connectivity index (χ0v) is 12.8. The number of rotatable bonds is 3. The first-order valence-electron chi connectivity index (χ1n) is 6.03. The van der Waals surface area contributed by atoms with E-state index in [9.17, 15) is 4.79 Å². The molecule has 0 saturated heterocycles. The maximum atomic E-state index is 12.3. The molecule has 2 aromatic carbocycles. The fourth-order valence-electron chi connectivity index (χ4n) is 1.86. The Labute approximate surface area is 127 Å². The molecule has 2 aromatic rings. The highest BCUT2D eigenvalue weighted by Crippen LogP contribution is 2.28. The number of hydrogen-bond acceptors (Lipinski definition) is 3. The summed E-state index contributed by atoms with van der Waals surface area (Å²) in [5, 5.41) is 3.31. The van der Waals surface area contributed by atoms with Crippen LogP contribution in [-0.4, -0.2) is 12.2 Å². The molecule has 0 aliphatic rings. The normalized spacial score (nSPS) is 10.3. The van der Waals surface area contributed by atoms with Crippen molar-refractivity contribution >= 4 is 40.6 Å². The van der Waals surface area contributed by atoms with E-state index in [4.69, 9.17) is 17.3 Å². The van der Waals surface area contributed by atoms with Crippen LogP contribution in [-0.2, 0) is 0 Å². The number of carbonyl (C=O) groups is 1. The van der Waals surface area contributed by atoms with Crippen molar-refractivity contribution in [1.29, 1.82) is 0 Å². The summed E-state index contributed by atoms with van der Waals surface area (Å²) in [6.45, 7) is 1.88. The van der Waals surface area contributed by atoms with Gasteiger partial charge in [0, 0.05) is 10.6 Å². The fourth-order valence-corrected chi connectivity index (χ4v) is 2.62. The number of nitrogens with one attached hydrogen (secondary N) is 1. The number of hydrogen-bond donors (Lipinski definition) is 2. The summed E-state index contributed by atoms with van der Waals surface area (Å²) < 4.78 is 0. The van der Waals surface area contributed by atoms with Crippen LogP contribution in [0.1, 0.15) is 15.9 Å². The molecule has 0 bridgehead atoms. The number of nitrogen functional groups attached to an aromatic ring is 1. The van der Waals surface area contributed by atoms with Crippen LogP contribution in [0.25, 0.3) is 0 Å². The van der Waals surface area contributed by atoms with Gasteiger partial charge in [-0.1, -0.05) is 23.7 Å². The Bertz CT molecular complexity index is 658. The van der Waals surface area contributed by atoms with Crippen LogP contribution < -0.4 is 11.1 Å². The molecule has 0 atom stereocenters. The third-order valence-electron chi connectivity index (χ3n) is 2.94. The van der Waals surface area contributed by atoms with Crippen LogP contribution in [0.15, 0.2) is 41.3 Å². The van der Waals surface area contributed by atoms with Gasteiger partial charge >= 0.3 is 0 Å². The Morgan fingerprint density at radius 2 is 2.00 bits per heavy atom. The highest BCUT2D eigenvalue weighted by atomic mass is 35.5. The quantitative estimate of drug-likeness (QED) is 0.660. The molecule has 0 aliphatic carbocycles. The second kappa shape index (κ2) is 6.20. The number of anilines is 2. The molecule has 1 amide bonds. The molecular formula is C15H15ClN2OS. The molecule has 0 saturated carbocycles. The maximum Gasteiger partial charge on any atom is 0.256 e. The highest BCUT2D eigenvalue weighted by molar-refractivity contribution is 7.98. The molecule has 0 heterocycles. The minimum atomic E-state index is -0.154. The van der Waals surface area contributed by atoms with Crippen LogP contribution in [0, 0.1) is 6.92 Å². The molecule has 0 aromatic heterocycles. The standard InChI is InChI=1S/C15H15ClN2OS/c1-9-7-12(17)11(16)8-13(9)18-15(19)10-5-3-4-6-14(10)20-2/h3-8H,17H2,1-2H3,(H,18,19). The molecule has 0 radical (unpaired) electrons. The summed E-state index contributed by atoms with van der Waals surface area (Å²) in [4.78, 5) is 13.3. The number of aryl methyl sites for hydroxylation is 1. The zero-order chi connectivity index (χ0) is 14.7. The summed E-state index contributed by atoms with van der Waals surface area (Å²) in [5.74, 6) is -0.154. The molecule has 0 spiro atoms. The van der Waals surface area contributed by atoms with E-state index in [1.54, 1.807) is 18.2 Å². The highest BCUT2D eigenvalue weighted by Gasteiger charge is 2.12. The van der Waals surface area contributed by atoms with Crippen molar-refractivity contribution in [2.45, 2.75) is 11.8 Å². The van der Waals surface area contributed by atoms with Gasteiger partial charge in [0.2, 0.25) is 0 Å². The molecule has 0 fully saturated rings. The monoisotopic (exact) mass is 306 g/mol. The Morgan fingerprint density at radius 1 is 1.30 bits per heavy atom. The van der Waals surface area contributed by atoms with E-state index < -0.39 is 0 Å². The van der Waals surface area contributed by atoms with Crippen molar-refractivity contribution in [3.63, 3.8) is 0 Å². The number of benzene rings is 2. The summed E-state index contributed by atoms with van der Waals surface area (Å²) in [6, 6.07) is 10.9. The maximum absolute atomic E-state index is 12.3. The predicted octanol–water partition coefficient (Wildman–Crippen LogP) is 4.20. The van der Waals surface area contributed by atoms with E-state index in [0.717, 1.165) is 10.5 Å². The molecule has 104 valence electrons. The summed E-state index contributed by atoms with van der Waals surface area (Å²) >= 11 is 7.53. The van der Waals surface area contributed by atoms with Crippen LogP contribution in [0.3, 0.4) is 0 Å². The van der Waals surface area contributed by atoms with Crippen molar-refractivity contribution in [3.8, 4) is 0 Å². The largest absolute Gasteiger partial charge is 0.398 e. The minimum Gasteiger partial charge on any atom is -0.398 e. The second-order valence-corrected chi connectivity index (χ2v) is 5.60. The first-order valence-corrected chi connectivity index (χ1v) is 7.63. The molecule has 0 aliphatic heterocycles. The van der Waals surface area contributed by atoms with E-state index in [2.05, 4.69) is 5.32 Å². The number of thioether (sulfide) groups is 1. The van der Waals surface area contributed by atoms with Gasteiger partial charge < -0.3 is 11.1 Å². The minimum absolute atomic E-state index is 0.154. The summed E-state index contributed by atoms with van der Waals surface area (Å²) in [7, 11) is 0. The number of amides is 1. The molecule has 3 nitrogen and oxygen atoms in total. The lowest BCUT2D eigenvalue weighted by Gasteiger charge is -2.12. The van der Waals surface area contributed by atoms with Gasteiger partial charge in [-0.15, -0.1) is 11.8 Å². The lowest BCUT2D eigenvalue weighted by Crippen LogP contribution is -2.14. The van der Waals surface area contributed by atoms with Crippen LogP contribution in [0.5, 0.6) is 0 Å². The number of carbonyl (C=O) groups excluding carboxylic acids is 1. The predicted molar refractivity (Wildman–Crippen MR) is 86.8 cm³/mol. The van der Waals surface area contributed by atoms with Crippen molar-refractivity contribution < 1.29 is 4.79 Å². The third-order valence-corrected chi connectivity index (χ3v) is 4.07. The third kappa shape index (κ3) is 3.08. The van der Waals surface area contributed by atoms with Crippen LogP contribution >= 0.6 is 23.4 Å². The van der Waals surface area contributed by atoms with Crippen LogP contribution in [0.2, 0.25) is 5.02 Å². The van der Waals surface area contributed by atoms with E-state index in [1.165, 1.54) is 11.8 Å². The van der Waals surface area contributed by atoms with Gasteiger partial charge in [-0.25, -0.2) is 0 Å². The summed E-state index contributed by atoms with van der Waals surface area (Å²) in [6.07, 6.45) is 1.94. The van der Waals surface area contributed by atoms with E-state index in [-0.39, 0.29) is 5.91 Å². The van der Waals surface area contributed by atoms with Crippen molar-refractivity contribution in [1.82, 2.24) is 0 Å². The molecule has 0 unspecified atom stereocenters. The number of halogens is 1. The van der Waals surface area contributed by atoms with Crippen LogP contribution in [0.4, 0.5) is 11.4 Å². The van der Waals surface area contributed by atoms with Gasteiger partial charge in [-0.2, -0.15) is 0 Å². The fraction of sp³-hybridized carbons (Fsp3) is 0.133. The molecule has 3 N–H and O–H groups in total. The Kier molecular flexibility index (Phi) is 4.57. The summed E-state index contributed by atoms with van der Waals surface area (Å²) in [5.41, 5.74) is 8.43. The first-order chi connectivity index (χ1) is 9.52. The second-order valence-electron chi connectivity index (χ2n) is 4.34. The van der Waals surface area contributed by atoms with Gasteiger partial charge in [0.25, 0.3) is 5.91 Å². The first kappa shape index (κ1) is 14.8. The Balaban J connectivity index is 2.30. The Hall–Kier alpha value is -1.65. The molecule has 2 rings (SSSR count). The lowest BCUT2D eigenvalue weighted by atomic mass is 10.1. The Morgan fingerprint density at radius 3 is 2.70 bits per heavy atom. The van der Waals surface area contributed by atoms with Crippen molar-refractivity contribution in [2.75, 3.05) is 17.3 Å². The van der Waals surface area contributed by atoms with Gasteiger partial charge in [0.15, 0.2) is 0 Å². The lowest BCUT2D eigenvalue weighted by molar-refractivity contribution is 0.102. The number of nitrogens with two attached hydrogens (primary N) is 1. The van der Waals surface area contributed by atoms with Gasteiger partial charge in [0.05, 0.1) is 16.3 Å². The van der Waals surface area contributed by atoms with Gasteiger partial charge in [0.1, 0.15) is 0 Å². The topological polar surface area (TPSA) is 55.1 Å². The van der Waals surface area contributed by atoms with E-state index in [0.29, 0.717) is 22.0 Å². The molecule has 5 heteroatoms.